The predicted molar refractivity (Wildman–Crippen MR) is 77.3 cm³/mol. The zero-order valence-electron chi connectivity index (χ0n) is 12.4. The van der Waals surface area contributed by atoms with Gasteiger partial charge in [0, 0.05) is 6.54 Å². The molecule has 1 saturated heterocycles. The third-order valence-corrected chi connectivity index (χ3v) is 3.86. The molecule has 1 aliphatic heterocycles. The van der Waals surface area contributed by atoms with Crippen molar-refractivity contribution in [3.63, 3.8) is 0 Å². The predicted octanol–water partition coefficient (Wildman–Crippen LogP) is 2.01. The summed E-state index contributed by atoms with van der Waals surface area (Å²) in [6.07, 6.45) is -0.927. The SMILES string of the molecule is COc1ccc([C@H](C)N2CC(C)(NC(=O)O)CC2=O)cc1. The first-order valence-electron chi connectivity index (χ1n) is 6.79. The van der Waals surface area contributed by atoms with Crippen molar-refractivity contribution in [3.8, 4) is 5.75 Å². The number of benzene rings is 1. The van der Waals surface area contributed by atoms with E-state index in [0.717, 1.165) is 11.3 Å². The highest BCUT2D eigenvalue weighted by Gasteiger charge is 2.42. The first-order chi connectivity index (χ1) is 9.84. The summed E-state index contributed by atoms with van der Waals surface area (Å²) in [6, 6.07) is 7.41. The van der Waals surface area contributed by atoms with E-state index in [1.54, 1.807) is 18.9 Å². The standard InChI is InChI=1S/C15H20N2O4/c1-10(11-4-6-12(21-3)7-5-11)17-9-15(2,8-13(17)18)16-14(19)20/h4-7,10,16H,8-9H2,1-3H3,(H,19,20)/t10-,15?/m0/s1. The lowest BCUT2D eigenvalue weighted by Crippen LogP contribution is -2.47. The molecule has 6 heteroatoms. The van der Waals surface area contributed by atoms with Gasteiger partial charge in [-0.05, 0) is 31.5 Å². The van der Waals surface area contributed by atoms with Crippen LogP contribution in [0.5, 0.6) is 5.75 Å². The number of amides is 2. The van der Waals surface area contributed by atoms with Crippen molar-refractivity contribution in [3.05, 3.63) is 29.8 Å². The van der Waals surface area contributed by atoms with E-state index < -0.39 is 11.6 Å². The molecule has 0 aromatic heterocycles. The maximum absolute atomic E-state index is 12.2. The molecule has 1 aliphatic rings. The van der Waals surface area contributed by atoms with Gasteiger partial charge in [-0.2, -0.15) is 0 Å². The third-order valence-electron chi connectivity index (χ3n) is 3.86. The van der Waals surface area contributed by atoms with Crippen LogP contribution in [0.1, 0.15) is 31.9 Å². The molecule has 0 bridgehead atoms. The fourth-order valence-electron chi connectivity index (χ4n) is 2.71. The van der Waals surface area contributed by atoms with Crippen molar-refractivity contribution in [1.29, 1.82) is 0 Å². The Bertz CT molecular complexity index is 543. The molecule has 2 amide bonds. The van der Waals surface area contributed by atoms with Crippen molar-refractivity contribution >= 4 is 12.0 Å². The molecule has 0 saturated carbocycles. The van der Waals surface area contributed by atoms with Crippen molar-refractivity contribution in [2.24, 2.45) is 0 Å². The number of rotatable bonds is 4. The van der Waals surface area contributed by atoms with E-state index >= 15 is 0 Å². The van der Waals surface area contributed by atoms with Gasteiger partial charge < -0.3 is 20.1 Å². The molecular formula is C15H20N2O4. The smallest absolute Gasteiger partial charge is 0.405 e. The molecule has 1 aromatic rings. The number of ether oxygens (including phenoxy) is 1. The Morgan fingerprint density at radius 1 is 1.43 bits per heavy atom. The summed E-state index contributed by atoms with van der Waals surface area (Å²) in [5.74, 6) is 0.714. The minimum atomic E-state index is -1.11. The number of hydrogen-bond acceptors (Lipinski definition) is 3. The molecule has 2 rings (SSSR count). The van der Waals surface area contributed by atoms with Crippen molar-refractivity contribution in [1.82, 2.24) is 10.2 Å². The Kier molecular flexibility index (Phi) is 4.06. The molecule has 0 spiro atoms. The quantitative estimate of drug-likeness (QED) is 0.890. The van der Waals surface area contributed by atoms with Crippen LogP contribution in [0.25, 0.3) is 0 Å². The Hall–Kier alpha value is -2.24. The molecule has 21 heavy (non-hydrogen) atoms. The molecule has 1 unspecified atom stereocenters. The highest BCUT2D eigenvalue weighted by Crippen LogP contribution is 2.31. The monoisotopic (exact) mass is 292 g/mol. The van der Waals surface area contributed by atoms with Crippen LogP contribution in [0.3, 0.4) is 0 Å². The van der Waals surface area contributed by atoms with Crippen molar-refractivity contribution in [2.75, 3.05) is 13.7 Å². The summed E-state index contributed by atoms with van der Waals surface area (Å²) in [4.78, 5) is 24.7. The van der Waals surface area contributed by atoms with Crippen molar-refractivity contribution < 1.29 is 19.4 Å². The van der Waals surface area contributed by atoms with Gasteiger partial charge in [0.2, 0.25) is 5.91 Å². The van der Waals surface area contributed by atoms with E-state index in [9.17, 15) is 9.59 Å². The average molecular weight is 292 g/mol. The maximum Gasteiger partial charge on any atom is 0.405 e. The van der Waals surface area contributed by atoms with Crippen LogP contribution in [-0.2, 0) is 4.79 Å². The van der Waals surface area contributed by atoms with E-state index in [1.807, 2.05) is 31.2 Å². The minimum absolute atomic E-state index is 0.0467. The lowest BCUT2D eigenvalue weighted by atomic mass is 10.0. The van der Waals surface area contributed by atoms with Crippen LogP contribution >= 0.6 is 0 Å². The van der Waals surface area contributed by atoms with Gasteiger partial charge in [-0.3, -0.25) is 4.79 Å². The van der Waals surface area contributed by atoms with Crippen LogP contribution in [0.15, 0.2) is 24.3 Å². The van der Waals surface area contributed by atoms with Crippen LogP contribution in [0.4, 0.5) is 4.79 Å². The van der Waals surface area contributed by atoms with Crippen LogP contribution in [0.2, 0.25) is 0 Å². The van der Waals surface area contributed by atoms with Crippen LogP contribution in [0, 0.1) is 0 Å². The first kappa shape index (κ1) is 15.2. The average Bonchev–Trinajstić information content (AvgIpc) is 2.72. The van der Waals surface area contributed by atoms with Gasteiger partial charge in [-0.25, -0.2) is 4.79 Å². The normalized spacial score (nSPS) is 23.0. The zero-order valence-corrected chi connectivity index (χ0v) is 12.4. The van der Waals surface area contributed by atoms with Gasteiger partial charge >= 0.3 is 6.09 Å². The van der Waals surface area contributed by atoms with Crippen LogP contribution in [-0.4, -0.2) is 41.2 Å². The fraction of sp³-hybridized carbons (Fsp3) is 0.467. The van der Waals surface area contributed by atoms with E-state index in [2.05, 4.69) is 5.32 Å². The molecule has 114 valence electrons. The van der Waals surface area contributed by atoms with Gasteiger partial charge in [-0.15, -0.1) is 0 Å². The highest BCUT2D eigenvalue weighted by atomic mass is 16.5. The van der Waals surface area contributed by atoms with Gasteiger partial charge in [0.25, 0.3) is 0 Å². The second-order valence-corrected chi connectivity index (χ2v) is 5.64. The number of nitrogens with one attached hydrogen (secondary N) is 1. The summed E-state index contributed by atoms with van der Waals surface area (Å²) in [5.41, 5.74) is 0.257. The Morgan fingerprint density at radius 2 is 2.05 bits per heavy atom. The minimum Gasteiger partial charge on any atom is -0.497 e. The number of carboxylic acid groups (broad SMARTS) is 1. The number of carbonyl (C=O) groups is 2. The second-order valence-electron chi connectivity index (χ2n) is 5.64. The van der Waals surface area contributed by atoms with E-state index in [1.165, 1.54) is 0 Å². The number of hydrogen-bond donors (Lipinski definition) is 2. The molecule has 1 fully saturated rings. The summed E-state index contributed by atoms with van der Waals surface area (Å²) < 4.78 is 5.12. The summed E-state index contributed by atoms with van der Waals surface area (Å²) in [7, 11) is 1.60. The maximum atomic E-state index is 12.2. The molecule has 0 aliphatic carbocycles. The Labute approximate surface area is 123 Å². The molecular weight excluding hydrogens is 272 g/mol. The van der Waals surface area contributed by atoms with Gasteiger partial charge in [-0.1, -0.05) is 12.1 Å². The first-order valence-corrected chi connectivity index (χ1v) is 6.79. The molecule has 0 radical (unpaired) electrons. The summed E-state index contributed by atoms with van der Waals surface area (Å²) >= 11 is 0. The number of carbonyl (C=O) groups excluding carboxylic acids is 1. The third kappa shape index (κ3) is 3.26. The lowest BCUT2D eigenvalue weighted by Gasteiger charge is -2.28. The van der Waals surface area contributed by atoms with E-state index in [-0.39, 0.29) is 18.4 Å². The molecule has 2 N–H and O–H groups in total. The molecule has 1 heterocycles. The fourth-order valence-corrected chi connectivity index (χ4v) is 2.71. The molecule has 1 aromatic carbocycles. The molecule has 2 atom stereocenters. The zero-order chi connectivity index (χ0) is 15.6. The van der Waals surface area contributed by atoms with Crippen molar-refractivity contribution in [2.45, 2.75) is 31.8 Å². The lowest BCUT2D eigenvalue weighted by molar-refractivity contribution is -0.129. The van der Waals surface area contributed by atoms with Gasteiger partial charge in [0.05, 0.1) is 25.1 Å². The Balaban J connectivity index is 2.13. The molecule has 6 nitrogen and oxygen atoms in total. The number of likely N-dealkylation sites (tertiary alicyclic amines) is 1. The second kappa shape index (κ2) is 5.63. The summed E-state index contributed by atoms with van der Waals surface area (Å²) in [6.45, 7) is 4.05. The van der Waals surface area contributed by atoms with Crippen LogP contribution < -0.4 is 10.1 Å². The number of nitrogens with zero attached hydrogens (tertiary/aromatic N) is 1. The van der Waals surface area contributed by atoms with E-state index in [4.69, 9.17) is 9.84 Å². The van der Waals surface area contributed by atoms with Gasteiger partial charge in [0.1, 0.15) is 5.75 Å². The van der Waals surface area contributed by atoms with E-state index in [0.29, 0.717) is 6.54 Å². The topological polar surface area (TPSA) is 78.9 Å². The number of methoxy groups -OCH3 is 1. The highest BCUT2D eigenvalue weighted by molar-refractivity contribution is 5.82. The van der Waals surface area contributed by atoms with Gasteiger partial charge in [0.15, 0.2) is 0 Å². The largest absolute Gasteiger partial charge is 0.497 e. The summed E-state index contributed by atoms with van der Waals surface area (Å²) in [5, 5.41) is 11.3. The Morgan fingerprint density at radius 3 is 2.57 bits per heavy atom.